The van der Waals surface area contributed by atoms with Gasteiger partial charge in [-0.05, 0) is 74.9 Å². The summed E-state index contributed by atoms with van der Waals surface area (Å²) in [6.45, 7) is 15.6. The summed E-state index contributed by atoms with van der Waals surface area (Å²) in [5, 5.41) is 8.48. The van der Waals surface area contributed by atoms with Crippen molar-refractivity contribution in [1.29, 1.82) is 0 Å². The van der Waals surface area contributed by atoms with Crippen molar-refractivity contribution < 1.29 is 104 Å². The molecule has 0 atom stereocenters. The number of nitrogens with one attached hydrogen (secondary N) is 1. The zero-order valence-corrected chi connectivity index (χ0v) is 59.1. The van der Waals surface area contributed by atoms with Gasteiger partial charge in [-0.2, -0.15) is 43.0 Å². The number of H-pyrrole nitrogens is 1. The van der Waals surface area contributed by atoms with Gasteiger partial charge < -0.3 is 43.7 Å². The fourth-order valence-electron chi connectivity index (χ4n) is 8.61. The molecule has 2 aromatic carbocycles. The number of carbonyl (C=O) groups is 3. The van der Waals surface area contributed by atoms with Crippen molar-refractivity contribution >= 4 is 82.1 Å². The molecule has 2 N–H and O–H groups in total. The first-order valence-corrected chi connectivity index (χ1v) is 31.3. The molecule has 8 aromatic rings. The van der Waals surface area contributed by atoms with Crippen molar-refractivity contribution in [2.75, 3.05) is 31.8 Å². The maximum absolute atomic E-state index is 13.5. The van der Waals surface area contributed by atoms with Crippen LogP contribution in [0.5, 0.6) is 0 Å². The molecule has 0 amide bonds. The van der Waals surface area contributed by atoms with Crippen LogP contribution in [-0.2, 0) is 101 Å². The summed E-state index contributed by atoms with van der Waals surface area (Å²) in [5.41, 5.74) is -0.779. The largest absolute Gasteiger partial charge is 1.00 e. The standard InChI is InChI=1S/C27H31F3N6O5.C21H21F3N6O2.C6H11ClO3.C4H7O.C2H4Cl2O.CH2O.Na.H2O/c1-4-8-21(37)41-17-40-16-36-22-24(34(6-3)26(39)35(11-5-2)25(22)38)32-23(36)19-13-31-33(15-19)14-18-9-7-10-20(12-18)27(28,29)30;1-3-8-30-19(31)16-18(29(4-2)20(30)32)27-17(26-16)14-10-25-28(12-14)11-13-6-5-7-15(9-13)21(22,23)24;1-2-3-6(8)10-5-9-4-7;1-2-3-4-5;3-1-5-2-4;1-2;;/h7,9-10,12-13,15H,4-6,8,11,14,16-17H2,1-3H3;5-7,9-10,12H,3-4,8,11H2,1-2H3,(H,26,27);2-5H2,1H3;2-3H2,1H3;1-2H2;1H2;;1H2/q;;;-1;;;+1;/p-1. The van der Waals surface area contributed by atoms with Crippen molar-refractivity contribution in [2.24, 2.45) is 0 Å². The zero-order chi connectivity index (χ0) is 70.8. The Balaban J connectivity index is 0.000000740. The molecule has 0 aliphatic carbocycles. The van der Waals surface area contributed by atoms with Crippen molar-refractivity contribution in [3.8, 4) is 22.8 Å². The first kappa shape index (κ1) is 87.7. The van der Waals surface area contributed by atoms with Crippen LogP contribution in [0, 0.1) is 0 Å². The Morgan fingerprint density at radius 1 is 0.598 bits per heavy atom. The molecular formula is C61H77Cl3F6N12NaO14-. The van der Waals surface area contributed by atoms with E-state index in [1.165, 1.54) is 52.2 Å². The monoisotopic (exact) mass is 1440 g/mol. The van der Waals surface area contributed by atoms with Crippen molar-refractivity contribution in [1.82, 2.24) is 57.3 Å². The number of nitrogens with zero attached hydrogens (tertiary/aromatic N) is 11. The predicted molar refractivity (Wildman–Crippen MR) is 345 cm³/mol. The average Bonchev–Trinajstić information content (AvgIpc) is 1.62. The number of aryl methyl sites for hydroxylation is 2. The fraction of sp³-hybridized carbons (Fsp3) is 0.475. The van der Waals surface area contributed by atoms with Crippen LogP contribution >= 0.6 is 34.8 Å². The summed E-state index contributed by atoms with van der Waals surface area (Å²) in [7, 11) is 0. The normalized spacial score (nSPS) is 10.8. The van der Waals surface area contributed by atoms with E-state index in [2.05, 4.69) is 39.4 Å². The van der Waals surface area contributed by atoms with Crippen LogP contribution < -0.4 is 52.1 Å². The van der Waals surface area contributed by atoms with Gasteiger partial charge in [0.25, 0.3) is 11.1 Å². The minimum atomic E-state index is -4.47. The molecule has 0 saturated heterocycles. The van der Waals surface area contributed by atoms with E-state index in [-0.39, 0.29) is 140 Å². The molecule has 0 spiro atoms. The van der Waals surface area contributed by atoms with Gasteiger partial charge in [0, 0.05) is 51.4 Å². The average molecular weight is 1450 g/mol. The molecule has 8 rings (SSSR count). The number of aromatic nitrogens is 12. The van der Waals surface area contributed by atoms with Crippen LogP contribution in [0.3, 0.4) is 0 Å². The molecule has 0 saturated carbocycles. The van der Waals surface area contributed by atoms with Crippen LogP contribution in [0.25, 0.3) is 45.1 Å². The van der Waals surface area contributed by atoms with Gasteiger partial charge in [-0.15, -0.1) is 0 Å². The summed E-state index contributed by atoms with van der Waals surface area (Å²) in [5.74, 6) is -0.0665. The summed E-state index contributed by atoms with van der Waals surface area (Å²) in [6, 6.07) is 10.4. The Morgan fingerprint density at radius 2 is 1.06 bits per heavy atom. The fourth-order valence-corrected chi connectivity index (χ4v) is 8.91. The van der Waals surface area contributed by atoms with Gasteiger partial charge in [0.2, 0.25) is 0 Å². The number of hydrogen-bond acceptors (Lipinski definition) is 18. The summed E-state index contributed by atoms with van der Waals surface area (Å²) in [6.07, 6.45) is 3.82. The number of aromatic amines is 1. The molecule has 530 valence electrons. The van der Waals surface area contributed by atoms with Gasteiger partial charge in [0.15, 0.2) is 30.4 Å². The number of fused-ring (bicyclic) bond motifs is 2. The predicted octanol–water partition coefficient (Wildman–Crippen LogP) is 7.68. The molecule has 0 bridgehead atoms. The van der Waals surface area contributed by atoms with Gasteiger partial charge in [-0.3, -0.25) is 57.7 Å². The van der Waals surface area contributed by atoms with Crippen LogP contribution in [0.15, 0.2) is 92.5 Å². The first-order valence-electron chi connectivity index (χ1n) is 29.7. The molecule has 97 heavy (non-hydrogen) atoms. The topological polar surface area (TPSA) is 315 Å². The number of rotatable bonds is 27. The molecule has 0 unspecified atom stereocenters. The molecule has 6 aromatic heterocycles. The smallest absolute Gasteiger partial charge is 0.870 e. The number of imidazole rings is 2. The Morgan fingerprint density at radius 3 is 1.48 bits per heavy atom. The molecule has 6 heterocycles. The third-order valence-electron chi connectivity index (χ3n) is 12.8. The van der Waals surface area contributed by atoms with E-state index < -0.39 is 51.9 Å². The molecular weight excluding hydrogens is 1370 g/mol. The Labute approximate surface area is 590 Å². The van der Waals surface area contributed by atoms with Gasteiger partial charge in [-0.1, -0.05) is 100 Å². The SMILES string of the molecule is C=O.CCCC(=O)OCOCCl.CCCC(=O)OCOCn1c(-c2cnn(Cc3cccc(C(F)(F)F)c3)c2)nc2c1c(=O)n(CCC)c(=O)n2CC.CCC[C-]=O.CCCn1c(=O)c2[nH]c(-c3cnn(Cc4cccc(C(F)(F)F)c4)c3)nc2n(CC)c1=O.ClCOCCl.[Na+].[OH-]. The summed E-state index contributed by atoms with van der Waals surface area (Å²) >= 11 is 15.1. The van der Waals surface area contributed by atoms with Crippen molar-refractivity contribution in [3.63, 3.8) is 0 Å². The number of benzene rings is 2. The van der Waals surface area contributed by atoms with Gasteiger partial charge in [-0.25, -0.2) is 19.6 Å². The summed E-state index contributed by atoms with van der Waals surface area (Å²) in [4.78, 5) is 104. The van der Waals surface area contributed by atoms with Crippen molar-refractivity contribution in [3.05, 3.63) is 137 Å². The number of ether oxygens (including phenoxy) is 5. The second-order valence-corrected chi connectivity index (χ2v) is 20.4. The van der Waals surface area contributed by atoms with E-state index >= 15 is 0 Å². The Bertz CT molecular complexity index is 3940. The molecule has 0 aliphatic rings. The van der Waals surface area contributed by atoms with Gasteiger partial charge >= 0.3 is 65.2 Å². The maximum Gasteiger partial charge on any atom is 1.00 e. The number of unbranched alkanes of at least 4 members (excludes halogenated alkanes) is 1. The quantitative estimate of drug-likeness (QED) is 0.00981. The summed E-state index contributed by atoms with van der Waals surface area (Å²) < 4.78 is 112. The molecule has 0 fully saturated rings. The third-order valence-corrected chi connectivity index (χ3v) is 13.3. The Hall–Kier alpha value is -7.27. The number of hydrogen-bond donors (Lipinski definition) is 1. The number of halogens is 9. The van der Waals surface area contributed by atoms with E-state index in [0.29, 0.717) is 73.3 Å². The van der Waals surface area contributed by atoms with E-state index in [1.54, 1.807) is 44.7 Å². The molecule has 0 radical (unpaired) electrons. The maximum atomic E-state index is 13.5. The first-order chi connectivity index (χ1) is 45.4. The van der Waals surface area contributed by atoms with E-state index in [9.17, 15) is 59.9 Å². The molecule has 0 aliphatic heterocycles. The second-order valence-electron chi connectivity index (χ2n) is 19.8. The minimum absolute atomic E-state index is 0. The minimum Gasteiger partial charge on any atom is -0.870 e. The van der Waals surface area contributed by atoms with Gasteiger partial charge in [0.05, 0.1) is 47.7 Å². The van der Waals surface area contributed by atoms with Crippen LogP contribution in [-0.4, -0.2) is 120 Å². The number of esters is 2. The Kier molecular flexibility index (Phi) is 41.0. The number of alkyl halides is 9. The third kappa shape index (κ3) is 26.5. The van der Waals surface area contributed by atoms with Crippen molar-refractivity contribution in [2.45, 2.75) is 158 Å². The number of carbonyl (C=O) groups excluding carboxylic acids is 4. The van der Waals surface area contributed by atoms with E-state index in [0.717, 1.165) is 41.7 Å². The second kappa shape index (κ2) is 45.3. The van der Waals surface area contributed by atoms with Crippen LogP contribution in [0.4, 0.5) is 26.3 Å². The van der Waals surface area contributed by atoms with E-state index in [4.69, 9.17) is 49.1 Å². The van der Waals surface area contributed by atoms with E-state index in [1.807, 2.05) is 41.4 Å². The van der Waals surface area contributed by atoms with Gasteiger partial charge in [0.1, 0.15) is 48.9 Å². The zero-order valence-electron chi connectivity index (χ0n) is 54.9. The van der Waals surface area contributed by atoms with Crippen LogP contribution in [0.1, 0.15) is 122 Å². The molecule has 26 nitrogen and oxygen atoms in total. The molecule has 36 heteroatoms. The van der Waals surface area contributed by atoms with Crippen LogP contribution in [0.2, 0.25) is 0 Å².